The second-order valence-corrected chi connectivity index (χ2v) is 7.06. The van der Waals surface area contributed by atoms with E-state index in [0.717, 1.165) is 18.8 Å². The lowest BCUT2D eigenvalue weighted by atomic mass is 10.1. The van der Waals surface area contributed by atoms with Gasteiger partial charge in [-0.1, -0.05) is 72.8 Å². The number of nitrogens with zero attached hydrogens (tertiary/aromatic N) is 1. The number of ether oxygens (including phenoxy) is 1. The van der Waals surface area contributed by atoms with Gasteiger partial charge in [0.25, 0.3) is 0 Å². The minimum atomic E-state index is 0.601. The number of hydrogen-bond acceptors (Lipinski definition) is 2. The molecule has 0 radical (unpaired) electrons. The van der Waals surface area contributed by atoms with Crippen molar-refractivity contribution in [3.63, 3.8) is 0 Å². The van der Waals surface area contributed by atoms with E-state index in [0.29, 0.717) is 12.0 Å². The predicted molar refractivity (Wildman–Crippen MR) is 106 cm³/mol. The summed E-state index contributed by atoms with van der Waals surface area (Å²) in [6.07, 6.45) is 1.23. The third-order valence-corrected chi connectivity index (χ3v) is 5.23. The SMILES string of the molecule is COc1ccc([C@H]2C[C@@H]2N(Cc2ccccc2)Cc2ccccc2)cc1. The van der Waals surface area contributed by atoms with Crippen LogP contribution in [0.5, 0.6) is 5.75 Å². The highest BCUT2D eigenvalue weighted by Gasteiger charge is 2.42. The second-order valence-electron chi connectivity index (χ2n) is 7.06. The number of rotatable bonds is 7. The Hall–Kier alpha value is -2.58. The first kappa shape index (κ1) is 16.9. The van der Waals surface area contributed by atoms with Crippen LogP contribution in [0.1, 0.15) is 29.0 Å². The lowest BCUT2D eigenvalue weighted by Crippen LogP contribution is -2.26. The van der Waals surface area contributed by atoms with E-state index in [2.05, 4.69) is 89.8 Å². The highest BCUT2D eigenvalue weighted by atomic mass is 16.5. The first-order chi connectivity index (χ1) is 12.8. The molecule has 0 heterocycles. The molecular weight excluding hydrogens is 318 g/mol. The summed E-state index contributed by atoms with van der Waals surface area (Å²) in [4.78, 5) is 2.62. The molecule has 1 saturated carbocycles. The Kier molecular flexibility index (Phi) is 5.03. The van der Waals surface area contributed by atoms with Crippen LogP contribution in [-0.2, 0) is 13.1 Å². The molecule has 1 aliphatic rings. The molecule has 0 aromatic heterocycles. The summed E-state index contributed by atoms with van der Waals surface area (Å²) in [5.41, 5.74) is 4.18. The third kappa shape index (κ3) is 3.97. The van der Waals surface area contributed by atoms with Crippen molar-refractivity contribution in [2.24, 2.45) is 0 Å². The van der Waals surface area contributed by atoms with Crippen molar-refractivity contribution in [3.05, 3.63) is 102 Å². The van der Waals surface area contributed by atoms with Gasteiger partial charge in [-0.05, 0) is 35.2 Å². The normalized spacial score (nSPS) is 18.7. The summed E-state index contributed by atoms with van der Waals surface area (Å²) in [5, 5.41) is 0. The van der Waals surface area contributed by atoms with E-state index < -0.39 is 0 Å². The van der Waals surface area contributed by atoms with Crippen LogP contribution >= 0.6 is 0 Å². The maximum absolute atomic E-state index is 5.29. The smallest absolute Gasteiger partial charge is 0.118 e. The van der Waals surface area contributed by atoms with Gasteiger partial charge in [0, 0.05) is 25.0 Å². The van der Waals surface area contributed by atoms with Crippen LogP contribution in [0, 0.1) is 0 Å². The molecule has 0 unspecified atom stereocenters. The van der Waals surface area contributed by atoms with Gasteiger partial charge in [-0.25, -0.2) is 0 Å². The molecule has 0 saturated heterocycles. The zero-order valence-electron chi connectivity index (χ0n) is 15.2. The molecule has 132 valence electrons. The van der Waals surface area contributed by atoms with Crippen LogP contribution in [-0.4, -0.2) is 18.1 Å². The van der Waals surface area contributed by atoms with Gasteiger partial charge >= 0.3 is 0 Å². The Balaban J connectivity index is 1.51. The molecule has 3 aromatic carbocycles. The Bertz CT molecular complexity index is 772. The molecule has 2 atom stereocenters. The monoisotopic (exact) mass is 343 g/mol. The Morgan fingerprint density at radius 2 is 1.31 bits per heavy atom. The van der Waals surface area contributed by atoms with E-state index in [1.807, 2.05) is 0 Å². The zero-order valence-corrected chi connectivity index (χ0v) is 15.2. The Morgan fingerprint density at radius 1 is 0.769 bits per heavy atom. The fourth-order valence-corrected chi connectivity index (χ4v) is 3.72. The molecule has 0 bridgehead atoms. The summed E-state index contributed by atoms with van der Waals surface area (Å²) in [7, 11) is 1.72. The first-order valence-corrected chi connectivity index (χ1v) is 9.29. The van der Waals surface area contributed by atoms with Gasteiger partial charge in [0.1, 0.15) is 5.75 Å². The van der Waals surface area contributed by atoms with Crippen molar-refractivity contribution in [2.75, 3.05) is 7.11 Å². The number of methoxy groups -OCH3 is 1. The van der Waals surface area contributed by atoms with E-state index in [-0.39, 0.29) is 0 Å². The molecule has 0 N–H and O–H groups in total. The molecule has 2 heteroatoms. The molecular formula is C24H25NO. The molecule has 2 nitrogen and oxygen atoms in total. The van der Waals surface area contributed by atoms with Crippen LogP contribution in [0.4, 0.5) is 0 Å². The average Bonchev–Trinajstić information content (AvgIpc) is 3.50. The van der Waals surface area contributed by atoms with Crippen molar-refractivity contribution in [1.82, 2.24) is 4.90 Å². The minimum absolute atomic E-state index is 0.601. The Morgan fingerprint density at radius 3 is 1.81 bits per heavy atom. The van der Waals surface area contributed by atoms with Crippen molar-refractivity contribution >= 4 is 0 Å². The fraction of sp³-hybridized carbons (Fsp3) is 0.250. The van der Waals surface area contributed by atoms with Gasteiger partial charge in [-0.15, -0.1) is 0 Å². The predicted octanol–water partition coefficient (Wildman–Crippen LogP) is 5.25. The zero-order chi connectivity index (χ0) is 17.8. The summed E-state index contributed by atoms with van der Waals surface area (Å²) >= 11 is 0. The molecule has 3 aromatic rings. The lowest BCUT2D eigenvalue weighted by Gasteiger charge is -2.23. The standard InChI is InChI=1S/C24H25NO/c1-26-22-14-12-21(13-15-22)23-16-24(23)25(17-19-8-4-2-5-9-19)18-20-10-6-3-7-11-20/h2-15,23-24H,16-18H2,1H3/t23-,24+/m1/s1. The van der Waals surface area contributed by atoms with Crippen molar-refractivity contribution in [1.29, 1.82) is 0 Å². The molecule has 26 heavy (non-hydrogen) atoms. The van der Waals surface area contributed by atoms with Crippen LogP contribution in [0.15, 0.2) is 84.9 Å². The summed E-state index contributed by atoms with van der Waals surface area (Å²) in [5.74, 6) is 1.55. The highest BCUT2D eigenvalue weighted by Crippen LogP contribution is 2.46. The maximum atomic E-state index is 5.29. The van der Waals surface area contributed by atoms with Gasteiger partial charge in [-0.2, -0.15) is 0 Å². The summed E-state index contributed by atoms with van der Waals surface area (Å²) in [6, 6.07) is 30.8. The molecule has 0 spiro atoms. The van der Waals surface area contributed by atoms with Crippen molar-refractivity contribution < 1.29 is 4.74 Å². The van der Waals surface area contributed by atoms with Gasteiger partial charge in [0.15, 0.2) is 0 Å². The topological polar surface area (TPSA) is 12.5 Å². The van der Waals surface area contributed by atoms with Crippen LogP contribution < -0.4 is 4.74 Å². The lowest BCUT2D eigenvalue weighted by molar-refractivity contribution is 0.241. The number of benzene rings is 3. The second kappa shape index (κ2) is 7.76. The molecule has 1 fully saturated rings. The summed E-state index contributed by atoms with van der Waals surface area (Å²) in [6.45, 7) is 1.99. The molecule has 4 rings (SSSR count). The Labute approximate surface area is 156 Å². The third-order valence-electron chi connectivity index (χ3n) is 5.23. The van der Waals surface area contributed by atoms with Crippen LogP contribution in [0.25, 0.3) is 0 Å². The van der Waals surface area contributed by atoms with E-state index in [1.165, 1.54) is 23.1 Å². The fourth-order valence-electron chi connectivity index (χ4n) is 3.72. The van der Waals surface area contributed by atoms with Crippen LogP contribution in [0.3, 0.4) is 0 Å². The maximum Gasteiger partial charge on any atom is 0.118 e. The van der Waals surface area contributed by atoms with Gasteiger partial charge in [-0.3, -0.25) is 4.90 Å². The quantitative estimate of drug-likeness (QED) is 0.581. The summed E-state index contributed by atoms with van der Waals surface area (Å²) < 4.78 is 5.29. The van der Waals surface area contributed by atoms with Gasteiger partial charge in [0.2, 0.25) is 0 Å². The van der Waals surface area contributed by atoms with E-state index >= 15 is 0 Å². The molecule has 1 aliphatic carbocycles. The van der Waals surface area contributed by atoms with Crippen molar-refractivity contribution in [3.8, 4) is 5.75 Å². The minimum Gasteiger partial charge on any atom is -0.497 e. The van der Waals surface area contributed by atoms with Crippen LogP contribution in [0.2, 0.25) is 0 Å². The molecule has 0 amide bonds. The van der Waals surface area contributed by atoms with Gasteiger partial charge < -0.3 is 4.74 Å². The van der Waals surface area contributed by atoms with E-state index in [1.54, 1.807) is 7.11 Å². The van der Waals surface area contributed by atoms with Crippen molar-refractivity contribution in [2.45, 2.75) is 31.5 Å². The largest absolute Gasteiger partial charge is 0.497 e. The highest BCUT2D eigenvalue weighted by molar-refractivity contribution is 5.34. The van der Waals surface area contributed by atoms with E-state index in [9.17, 15) is 0 Å². The average molecular weight is 343 g/mol. The molecule has 0 aliphatic heterocycles. The number of hydrogen-bond donors (Lipinski definition) is 0. The van der Waals surface area contributed by atoms with E-state index in [4.69, 9.17) is 4.74 Å². The first-order valence-electron chi connectivity index (χ1n) is 9.29. The van der Waals surface area contributed by atoms with Gasteiger partial charge in [0.05, 0.1) is 7.11 Å².